The van der Waals surface area contributed by atoms with Crippen molar-refractivity contribution in [1.29, 1.82) is 0 Å². The number of hydrogen-bond donors (Lipinski definition) is 4. The summed E-state index contributed by atoms with van der Waals surface area (Å²) in [5.74, 6) is -2.35. The number of aryl methyl sites for hydroxylation is 1. The monoisotopic (exact) mass is 495 g/mol. The molecule has 1 heterocycles. The molecule has 1 aromatic rings. The number of Topliss-reactive ketones (excluding diaryl/α,β-unsaturated/α-hetero) is 1. The number of thiazole rings is 1. The van der Waals surface area contributed by atoms with E-state index in [0.717, 1.165) is 29.1 Å². The van der Waals surface area contributed by atoms with Crippen LogP contribution >= 0.6 is 11.3 Å². The van der Waals surface area contributed by atoms with Crippen LogP contribution in [0.1, 0.15) is 77.4 Å². The van der Waals surface area contributed by atoms with Crippen molar-refractivity contribution < 1.29 is 30.0 Å². The quantitative estimate of drug-likeness (QED) is 0.210. The van der Waals surface area contributed by atoms with E-state index in [9.17, 15) is 24.9 Å². The molecule has 0 saturated carbocycles. The minimum atomic E-state index is -1.31. The molecule has 4 N–H and O–H groups in total. The fourth-order valence-corrected chi connectivity index (χ4v) is 4.42. The van der Waals surface area contributed by atoms with Gasteiger partial charge in [0, 0.05) is 11.3 Å². The molecule has 0 aliphatic carbocycles. The molecule has 0 radical (unpaired) electrons. The Morgan fingerprint density at radius 3 is 2.38 bits per heavy atom. The normalized spacial score (nSPS) is 17.4. The molecule has 0 spiro atoms. The van der Waals surface area contributed by atoms with Gasteiger partial charge in [0.15, 0.2) is 0 Å². The van der Waals surface area contributed by atoms with Gasteiger partial charge < -0.3 is 20.4 Å². The predicted molar refractivity (Wildman–Crippen MR) is 135 cm³/mol. The lowest BCUT2D eigenvalue weighted by Crippen LogP contribution is -2.45. The number of unbranched alkanes of at least 4 members (excludes halogenated alkanes) is 1. The first-order valence-corrected chi connectivity index (χ1v) is 12.7. The minimum absolute atomic E-state index is 0.128. The van der Waals surface area contributed by atoms with E-state index in [4.69, 9.17) is 5.11 Å². The standard InChI is InChI=1S/C26H41NO6S/c1-16(24(32)18(3)25(33)26(5,6)22(29)14-23(30)31)11-9-7-8-10-12-21(28)17(2)13-20-15-34-19(4)27-20/h8,10,13,15-16,18,21-22,24,28-29,32H,7,9,11-12,14H2,1-6H3,(H,30,31)/t16-,18+,21?,22-,24-/m0/s1. The largest absolute Gasteiger partial charge is 0.481 e. The third-order valence-corrected chi connectivity index (χ3v) is 7.23. The first-order valence-electron chi connectivity index (χ1n) is 11.8. The highest BCUT2D eigenvalue weighted by molar-refractivity contribution is 7.09. The first kappa shape index (κ1) is 30.2. The highest BCUT2D eigenvalue weighted by atomic mass is 32.1. The van der Waals surface area contributed by atoms with Crippen LogP contribution in [-0.2, 0) is 9.59 Å². The zero-order chi connectivity index (χ0) is 26.1. The summed E-state index contributed by atoms with van der Waals surface area (Å²) >= 11 is 1.58. The van der Waals surface area contributed by atoms with Gasteiger partial charge in [0.1, 0.15) is 5.78 Å². The molecule has 0 aliphatic heterocycles. The summed E-state index contributed by atoms with van der Waals surface area (Å²) in [4.78, 5) is 28.1. The second-order valence-electron chi connectivity index (χ2n) is 9.79. The number of rotatable bonds is 15. The number of aliphatic hydroxyl groups excluding tert-OH is 3. The Bertz CT molecular complexity index is 859. The van der Waals surface area contributed by atoms with Crippen LogP contribution in [0.5, 0.6) is 0 Å². The molecule has 1 unspecified atom stereocenters. The zero-order valence-electron chi connectivity index (χ0n) is 21.2. The Balaban J connectivity index is 2.45. The molecule has 0 aliphatic rings. The lowest BCUT2D eigenvalue weighted by atomic mass is 9.73. The number of carbonyl (C=O) groups is 2. The molecule has 0 saturated heterocycles. The summed E-state index contributed by atoms with van der Waals surface area (Å²) in [5.41, 5.74) is 0.470. The molecule has 1 rings (SSSR count). The van der Waals surface area contributed by atoms with Crippen molar-refractivity contribution in [2.24, 2.45) is 17.3 Å². The number of nitrogens with zero attached hydrogens (tertiary/aromatic N) is 1. The summed E-state index contributed by atoms with van der Waals surface area (Å²) in [6.07, 6.45) is 5.44. The van der Waals surface area contributed by atoms with Crippen LogP contribution < -0.4 is 0 Å². The summed E-state index contributed by atoms with van der Waals surface area (Å²) in [6.45, 7) is 10.4. The Hall–Kier alpha value is -1.87. The van der Waals surface area contributed by atoms with Crippen molar-refractivity contribution in [3.63, 3.8) is 0 Å². The molecule has 8 heteroatoms. The Morgan fingerprint density at radius 2 is 1.82 bits per heavy atom. The highest BCUT2D eigenvalue weighted by Gasteiger charge is 2.41. The summed E-state index contributed by atoms with van der Waals surface area (Å²) < 4.78 is 0. The van der Waals surface area contributed by atoms with Crippen LogP contribution in [0.25, 0.3) is 6.08 Å². The molecule has 5 atom stereocenters. The number of aliphatic hydroxyl groups is 3. The number of carboxylic acid groups (broad SMARTS) is 1. The van der Waals surface area contributed by atoms with E-state index in [1.165, 1.54) is 13.8 Å². The average molecular weight is 496 g/mol. The number of aromatic nitrogens is 1. The van der Waals surface area contributed by atoms with E-state index in [0.29, 0.717) is 12.8 Å². The highest BCUT2D eigenvalue weighted by Crippen LogP contribution is 2.31. The molecular weight excluding hydrogens is 454 g/mol. The number of aliphatic carboxylic acids is 1. The molecule has 0 fully saturated rings. The van der Waals surface area contributed by atoms with Gasteiger partial charge in [-0.1, -0.05) is 39.8 Å². The predicted octanol–water partition coefficient (Wildman–Crippen LogP) is 4.40. The van der Waals surface area contributed by atoms with Crippen LogP contribution in [0.4, 0.5) is 0 Å². The fraction of sp³-hybridized carbons (Fsp3) is 0.654. The average Bonchev–Trinajstić information content (AvgIpc) is 3.17. The van der Waals surface area contributed by atoms with E-state index in [2.05, 4.69) is 4.98 Å². The van der Waals surface area contributed by atoms with Crippen LogP contribution in [0, 0.1) is 24.2 Å². The molecule has 7 nitrogen and oxygen atoms in total. The number of carbonyl (C=O) groups excluding carboxylic acids is 1. The van der Waals surface area contributed by atoms with Crippen LogP contribution in [0.15, 0.2) is 23.1 Å². The maximum Gasteiger partial charge on any atom is 0.306 e. The van der Waals surface area contributed by atoms with Gasteiger partial charge in [-0.15, -0.1) is 11.3 Å². The Morgan fingerprint density at radius 1 is 1.18 bits per heavy atom. The minimum Gasteiger partial charge on any atom is -0.481 e. The van der Waals surface area contributed by atoms with Gasteiger partial charge in [-0.2, -0.15) is 0 Å². The Labute approximate surface area is 207 Å². The number of ketones is 1. The van der Waals surface area contributed by atoms with Crippen LogP contribution in [-0.4, -0.2) is 55.5 Å². The lowest BCUT2D eigenvalue weighted by Gasteiger charge is -2.34. The molecular formula is C26H41NO6S. The second kappa shape index (κ2) is 13.9. The van der Waals surface area contributed by atoms with Crippen molar-refractivity contribution in [2.45, 2.75) is 92.0 Å². The van der Waals surface area contributed by atoms with E-state index in [-0.39, 0.29) is 11.7 Å². The maximum absolute atomic E-state index is 12.8. The van der Waals surface area contributed by atoms with E-state index in [1.54, 1.807) is 18.3 Å². The maximum atomic E-state index is 12.8. The van der Waals surface area contributed by atoms with Gasteiger partial charge in [-0.25, -0.2) is 4.98 Å². The van der Waals surface area contributed by atoms with Gasteiger partial charge in [0.2, 0.25) is 0 Å². The van der Waals surface area contributed by atoms with Crippen molar-refractivity contribution in [3.05, 3.63) is 33.8 Å². The molecule has 192 valence electrons. The van der Waals surface area contributed by atoms with Crippen molar-refractivity contribution in [2.75, 3.05) is 0 Å². The van der Waals surface area contributed by atoms with E-state index < -0.39 is 42.0 Å². The fourth-order valence-electron chi connectivity index (χ4n) is 3.85. The zero-order valence-corrected chi connectivity index (χ0v) is 22.0. The van der Waals surface area contributed by atoms with Gasteiger partial charge in [0.25, 0.3) is 0 Å². The van der Waals surface area contributed by atoms with Crippen LogP contribution in [0.2, 0.25) is 0 Å². The van der Waals surface area contributed by atoms with Gasteiger partial charge in [-0.3, -0.25) is 9.59 Å². The molecule has 0 bridgehead atoms. The molecule has 0 aromatic carbocycles. The SMILES string of the molecule is CC(=Cc1csc(C)n1)C(O)CC=CCCC[C@H](C)[C@H](O)[C@@H](C)C(=O)C(C)(C)[C@@H](O)CC(=O)O. The summed E-state index contributed by atoms with van der Waals surface area (Å²) in [7, 11) is 0. The summed E-state index contributed by atoms with van der Waals surface area (Å²) in [6, 6.07) is 0. The molecule has 0 amide bonds. The third kappa shape index (κ3) is 9.41. The third-order valence-electron chi connectivity index (χ3n) is 6.44. The second-order valence-corrected chi connectivity index (χ2v) is 10.9. The lowest BCUT2D eigenvalue weighted by molar-refractivity contribution is -0.147. The smallest absolute Gasteiger partial charge is 0.306 e. The number of hydrogen-bond acceptors (Lipinski definition) is 7. The molecule has 34 heavy (non-hydrogen) atoms. The van der Waals surface area contributed by atoms with Crippen molar-refractivity contribution in [3.8, 4) is 0 Å². The Kier molecular flexibility index (Phi) is 12.3. The number of allylic oxidation sites excluding steroid dienone is 1. The first-order chi connectivity index (χ1) is 15.8. The van der Waals surface area contributed by atoms with Gasteiger partial charge in [0.05, 0.1) is 40.8 Å². The van der Waals surface area contributed by atoms with Gasteiger partial charge >= 0.3 is 5.97 Å². The van der Waals surface area contributed by atoms with Crippen molar-refractivity contribution >= 4 is 29.2 Å². The van der Waals surface area contributed by atoms with E-state index in [1.807, 2.05) is 44.4 Å². The summed E-state index contributed by atoms with van der Waals surface area (Å²) in [5, 5.41) is 43.0. The number of carboxylic acids is 1. The van der Waals surface area contributed by atoms with E-state index >= 15 is 0 Å². The molecule has 1 aromatic heterocycles. The van der Waals surface area contributed by atoms with Gasteiger partial charge in [-0.05, 0) is 57.1 Å². The van der Waals surface area contributed by atoms with Crippen molar-refractivity contribution in [1.82, 2.24) is 4.98 Å². The van der Waals surface area contributed by atoms with Crippen LogP contribution in [0.3, 0.4) is 0 Å². The topological polar surface area (TPSA) is 128 Å².